The van der Waals surface area contributed by atoms with Gasteiger partial charge in [0.15, 0.2) is 0 Å². The number of amides is 1. The van der Waals surface area contributed by atoms with E-state index >= 15 is 0 Å². The van der Waals surface area contributed by atoms with Crippen LogP contribution in [0.5, 0.6) is 0 Å². The molecule has 0 radical (unpaired) electrons. The van der Waals surface area contributed by atoms with Crippen LogP contribution in [0.2, 0.25) is 0 Å². The number of nitrogens with one attached hydrogen (secondary N) is 1. The first-order chi connectivity index (χ1) is 8.75. The van der Waals surface area contributed by atoms with Gasteiger partial charge in [0.2, 0.25) is 0 Å². The number of rotatable bonds is 5. The Bertz CT molecular complexity index is 465. The Kier molecular flexibility index (Phi) is 5.02. The summed E-state index contributed by atoms with van der Waals surface area (Å²) in [6, 6.07) is 2.57. The van der Waals surface area contributed by atoms with Crippen LogP contribution in [0.1, 0.15) is 36.9 Å². The van der Waals surface area contributed by atoms with E-state index in [0.29, 0.717) is 11.3 Å². The SMILES string of the molecule is CC(C)(C)C(CCO)NC(=O)c1ccc([N+](=O)[O-])s1. The molecular weight excluding hydrogens is 268 g/mol. The van der Waals surface area contributed by atoms with Gasteiger partial charge in [0, 0.05) is 18.7 Å². The minimum Gasteiger partial charge on any atom is -0.396 e. The Morgan fingerprint density at radius 3 is 2.58 bits per heavy atom. The third kappa shape index (κ3) is 4.29. The highest BCUT2D eigenvalue weighted by molar-refractivity contribution is 7.17. The topological polar surface area (TPSA) is 92.5 Å². The van der Waals surface area contributed by atoms with Crippen LogP contribution < -0.4 is 5.32 Å². The lowest BCUT2D eigenvalue weighted by atomic mass is 9.85. The van der Waals surface area contributed by atoms with Crippen molar-refractivity contribution >= 4 is 22.2 Å². The van der Waals surface area contributed by atoms with Crippen molar-refractivity contribution in [1.82, 2.24) is 5.32 Å². The molecule has 7 heteroatoms. The van der Waals surface area contributed by atoms with Crippen molar-refractivity contribution in [2.45, 2.75) is 33.2 Å². The van der Waals surface area contributed by atoms with E-state index in [9.17, 15) is 14.9 Å². The molecule has 0 fully saturated rings. The van der Waals surface area contributed by atoms with Crippen LogP contribution in [-0.4, -0.2) is 28.6 Å². The second-order valence-electron chi connectivity index (χ2n) is 5.30. The fourth-order valence-corrected chi connectivity index (χ4v) is 2.35. The molecule has 0 saturated heterocycles. The highest BCUT2D eigenvalue weighted by atomic mass is 32.1. The van der Waals surface area contributed by atoms with E-state index in [2.05, 4.69) is 5.32 Å². The molecule has 1 amide bonds. The lowest BCUT2D eigenvalue weighted by molar-refractivity contribution is -0.380. The number of nitro groups is 1. The van der Waals surface area contributed by atoms with Crippen LogP contribution in [0, 0.1) is 15.5 Å². The van der Waals surface area contributed by atoms with Crippen molar-refractivity contribution in [3.05, 3.63) is 27.1 Å². The van der Waals surface area contributed by atoms with Gasteiger partial charge in [-0.2, -0.15) is 0 Å². The van der Waals surface area contributed by atoms with Crippen molar-refractivity contribution in [3.8, 4) is 0 Å². The maximum Gasteiger partial charge on any atom is 0.324 e. The summed E-state index contributed by atoms with van der Waals surface area (Å²) in [6.07, 6.45) is 0.447. The van der Waals surface area contributed by atoms with Gasteiger partial charge in [0.25, 0.3) is 5.91 Å². The Labute approximate surface area is 115 Å². The Morgan fingerprint density at radius 1 is 1.53 bits per heavy atom. The number of thiophene rings is 1. The second-order valence-corrected chi connectivity index (χ2v) is 6.36. The van der Waals surface area contributed by atoms with Crippen LogP contribution in [0.25, 0.3) is 0 Å². The Morgan fingerprint density at radius 2 is 2.16 bits per heavy atom. The van der Waals surface area contributed by atoms with Crippen LogP contribution in [-0.2, 0) is 0 Å². The molecule has 106 valence electrons. The maximum absolute atomic E-state index is 12.0. The molecule has 1 aromatic heterocycles. The summed E-state index contributed by atoms with van der Waals surface area (Å²) in [5.74, 6) is -0.341. The van der Waals surface area contributed by atoms with Crippen LogP contribution in [0.15, 0.2) is 12.1 Å². The number of aliphatic hydroxyl groups excluding tert-OH is 1. The minimum absolute atomic E-state index is 0.0210. The van der Waals surface area contributed by atoms with Gasteiger partial charge in [-0.15, -0.1) is 0 Å². The zero-order valence-corrected chi connectivity index (χ0v) is 12.0. The van der Waals surface area contributed by atoms with Crippen molar-refractivity contribution in [2.24, 2.45) is 5.41 Å². The monoisotopic (exact) mass is 286 g/mol. The van der Waals surface area contributed by atoms with Gasteiger partial charge < -0.3 is 10.4 Å². The lowest BCUT2D eigenvalue weighted by Crippen LogP contribution is -2.44. The normalized spacial score (nSPS) is 13.1. The first kappa shape index (κ1) is 15.6. The number of carbonyl (C=O) groups excluding carboxylic acids is 1. The maximum atomic E-state index is 12.0. The number of hydrogen-bond acceptors (Lipinski definition) is 5. The zero-order chi connectivity index (χ0) is 14.6. The third-order valence-corrected chi connectivity index (χ3v) is 3.80. The summed E-state index contributed by atoms with van der Waals surface area (Å²) in [5, 5.41) is 22.4. The van der Waals surface area contributed by atoms with E-state index in [1.165, 1.54) is 12.1 Å². The van der Waals surface area contributed by atoms with E-state index in [4.69, 9.17) is 5.11 Å². The average molecular weight is 286 g/mol. The molecule has 0 aromatic carbocycles. The lowest BCUT2D eigenvalue weighted by Gasteiger charge is -2.30. The molecule has 1 aromatic rings. The molecule has 0 saturated carbocycles. The Hall–Kier alpha value is -1.47. The third-order valence-electron chi connectivity index (χ3n) is 2.76. The van der Waals surface area contributed by atoms with Gasteiger partial charge in [0.1, 0.15) is 0 Å². The fourth-order valence-electron chi connectivity index (χ4n) is 1.63. The van der Waals surface area contributed by atoms with E-state index in [0.717, 1.165) is 11.3 Å². The summed E-state index contributed by atoms with van der Waals surface area (Å²) in [5.41, 5.74) is -0.193. The molecule has 0 aliphatic carbocycles. The number of hydrogen-bond donors (Lipinski definition) is 2. The zero-order valence-electron chi connectivity index (χ0n) is 11.2. The number of aliphatic hydroxyl groups is 1. The molecule has 19 heavy (non-hydrogen) atoms. The van der Waals surface area contributed by atoms with Crippen LogP contribution in [0.4, 0.5) is 5.00 Å². The standard InChI is InChI=1S/C12H18N2O4S/c1-12(2,3)9(6-7-15)13-11(16)8-4-5-10(19-8)14(17)18/h4-5,9,15H,6-7H2,1-3H3,(H,13,16). The molecule has 1 unspecified atom stereocenters. The predicted molar refractivity (Wildman–Crippen MR) is 73.4 cm³/mol. The molecule has 1 rings (SSSR count). The molecule has 0 spiro atoms. The smallest absolute Gasteiger partial charge is 0.324 e. The summed E-state index contributed by atoms with van der Waals surface area (Å²) in [7, 11) is 0. The largest absolute Gasteiger partial charge is 0.396 e. The van der Waals surface area contributed by atoms with Gasteiger partial charge in [-0.25, -0.2) is 0 Å². The Balaban J connectivity index is 2.78. The van der Waals surface area contributed by atoms with Crippen molar-refractivity contribution in [3.63, 3.8) is 0 Å². The van der Waals surface area contributed by atoms with Gasteiger partial charge in [-0.1, -0.05) is 32.1 Å². The summed E-state index contributed by atoms with van der Waals surface area (Å²) >= 11 is 0.846. The van der Waals surface area contributed by atoms with Crippen LogP contribution in [0.3, 0.4) is 0 Å². The first-order valence-corrected chi connectivity index (χ1v) is 6.73. The first-order valence-electron chi connectivity index (χ1n) is 5.91. The minimum atomic E-state index is -0.517. The summed E-state index contributed by atoms with van der Waals surface area (Å²) < 4.78 is 0. The fraction of sp³-hybridized carbons (Fsp3) is 0.583. The van der Waals surface area contributed by atoms with Crippen molar-refractivity contribution in [2.75, 3.05) is 6.61 Å². The molecule has 1 heterocycles. The molecule has 0 bridgehead atoms. The highest BCUT2D eigenvalue weighted by Gasteiger charge is 2.27. The van der Waals surface area contributed by atoms with Crippen LogP contribution >= 0.6 is 11.3 Å². The molecule has 2 N–H and O–H groups in total. The van der Waals surface area contributed by atoms with Gasteiger partial charge in [-0.3, -0.25) is 14.9 Å². The summed E-state index contributed by atoms with van der Waals surface area (Å²) in [6.45, 7) is 5.87. The average Bonchev–Trinajstić information content (AvgIpc) is 2.76. The summed E-state index contributed by atoms with van der Waals surface area (Å²) in [4.78, 5) is 22.4. The molecule has 0 aliphatic rings. The van der Waals surface area contributed by atoms with Gasteiger partial charge in [0.05, 0.1) is 9.80 Å². The van der Waals surface area contributed by atoms with Gasteiger partial charge >= 0.3 is 5.00 Å². The van der Waals surface area contributed by atoms with E-state index in [1.54, 1.807) is 0 Å². The molecule has 1 atom stereocenters. The molecule has 0 aliphatic heterocycles. The van der Waals surface area contributed by atoms with Gasteiger partial charge in [-0.05, 0) is 17.9 Å². The van der Waals surface area contributed by atoms with E-state index in [-0.39, 0.29) is 29.0 Å². The quantitative estimate of drug-likeness (QED) is 0.641. The highest BCUT2D eigenvalue weighted by Crippen LogP contribution is 2.26. The van der Waals surface area contributed by atoms with E-state index < -0.39 is 4.92 Å². The number of nitrogens with zero attached hydrogens (tertiary/aromatic N) is 1. The molecule has 6 nitrogen and oxygen atoms in total. The second kappa shape index (κ2) is 6.12. The van der Waals surface area contributed by atoms with Crippen molar-refractivity contribution < 1.29 is 14.8 Å². The van der Waals surface area contributed by atoms with Crippen molar-refractivity contribution in [1.29, 1.82) is 0 Å². The van der Waals surface area contributed by atoms with E-state index in [1.807, 2.05) is 20.8 Å². The predicted octanol–water partition coefficient (Wildman–Crippen LogP) is 2.18. The molecular formula is C12H18N2O4S. The number of carbonyl (C=O) groups is 1.